The molecule has 346 valence electrons. The van der Waals surface area contributed by atoms with Crippen molar-refractivity contribution in [3.8, 4) is 90.3 Å². The third-order valence-electron chi connectivity index (χ3n) is 14.2. The molecule has 0 fully saturated rings. The number of nitrogens with zero attached hydrogens (tertiary/aromatic N) is 6. The Kier molecular flexibility index (Phi) is 10.4. The van der Waals surface area contributed by atoms with Crippen LogP contribution in [-0.4, -0.2) is 29.1 Å². The van der Waals surface area contributed by atoms with Crippen molar-refractivity contribution in [2.24, 2.45) is 0 Å². The molecule has 0 aliphatic rings. The predicted octanol–water partition coefficient (Wildman–Crippen LogP) is 17.1. The predicted molar refractivity (Wildman–Crippen MR) is 304 cm³/mol. The van der Waals surface area contributed by atoms with Gasteiger partial charge >= 0.3 is 0 Å². The van der Waals surface area contributed by atoms with Crippen LogP contribution >= 0.6 is 0 Å². The number of benzene rings is 10. The lowest BCUT2D eigenvalue weighted by molar-refractivity contribution is 1.16. The monoisotopic (exact) mass is 944 g/mol. The summed E-state index contributed by atoms with van der Waals surface area (Å²) >= 11 is 0. The highest BCUT2D eigenvalue weighted by Gasteiger charge is 2.18. The zero-order valence-corrected chi connectivity index (χ0v) is 40.1. The first-order chi connectivity index (χ1) is 36.7. The van der Waals surface area contributed by atoms with E-state index in [2.05, 4.69) is 203 Å². The minimum atomic E-state index is 0.685. The summed E-state index contributed by atoms with van der Waals surface area (Å²) in [7, 11) is 0. The first-order valence-electron chi connectivity index (χ1n) is 25.0. The maximum atomic E-state index is 5.11. The van der Waals surface area contributed by atoms with E-state index in [4.69, 9.17) is 19.9 Å². The maximum Gasteiger partial charge on any atom is 0.160 e. The summed E-state index contributed by atoms with van der Waals surface area (Å²) in [6.45, 7) is 0. The molecule has 0 spiro atoms. The Labute approximate surface area is 427 Å². The number of hydrogen-bond donors (Lipinski definition) is 0. The lowest BCUT2D eigenvalue weighted by Crippen LogP contribution is -1.97. The molecule has 4 heterocycles. The van der Waals surface area contributed by atoms with E-state index < -0.39 is 0 Å². The Morgan fingerprint density at radius 1 is 0.203 bits per heavy atom. The Bertz CT molecular complexity index is 3970. The third-order valence-corrected chi connectivity index (χ3v) is 14.2. The van der Waals surface area contributed by atoms with Gasteiger partial charge in [0.05, 0.1) is 44.8 Å². The van der Waals surface area contributed by atoms with Gasteiger partial charge in [0.1, 0.15) is 0 Å². The minimum Gasteiger partial charge on any atom is -0.309 e. The van der Waals surface area contributed by atoms with Crippen molar-refractivity contribution in [3.05, 3.63) is 267 Å². The molecule has 6 heteroatoms. The van der Waals surface area contributed by atoms with E-state index in [1.165, 1.54) is 21.5 Å². The van der Waals surface area contributed by atoms with Crippen molar-refractivity contribution in [2.75, 3.05) is 0 Å². The fourth-order valence-electron chi connectivity index (χ4n) is 10.6. The summed E-state index contributed by atoms with van der Waals surface area (Å²) in [5, 5.41) is 4.81. The minimum absolute atomic E-state index is 0.685. The quantitative estimate of drug-likeness (QED) is 0.145. The van der Waals surface area contributed by atoms with Crippen LogP contribution in [0.3, 0.4) is 0 Å². The standard InChI is InChI=1S/C68H44N6/c1-5-17-45(18-6-1)59-43-60(46-19-7-2-8-20-46)70-67(69-59)49-29-35-53(36-30-49)73-63-27-15-13-25-55(63)57-39-33-51(41-65(57)73)52-34-40-58-56-26-14-16-28-64(56)74(66(58)42-52)54-37-31-50(32-38-54)68-71-61(47-21-9-3-10-22-47)44-62(72-68)48-23-11-4-12-24-48/h1-44H. The molecule has 6 nitrogen and oxygen atoms in total. The van der Waals surface area contributed by atoms with Gasteiger partial charge in [-0.3, -0.25) is 0 Å². The molecule has 0 saturated carbocycles. The highest BCUT2D eigenvalue weighted by Crippen LogP contribution is 2.39. The van der Waals surface area contributed by atoms with Gasteiger partial charge in [-0.05, 0) is 96.1 Å². The molecule has 74 heavy (non-hydrogen) atoms. The highest BCUT2D eigenvalue weighted by molar-refractivity contribution is 6.12. The topological polar surface area (TPSA) is 61.4 Å². The van der Waals surface area contributed by atoms with Crippen LogP contribution in [0.2, 0.25) is 0 Å². The summed E-state index contributed by atoms with van der Waals surface area (Å²) in [5.74, 6) is 1.37. The molecule has 14 aromatic rings. The van der Waals surface area contributed by atoms with Crippen LogP contribution < -0.4 is 0 Å². The van der Waals surface area contributed by atoms with Gasteiger partial charge in [0.25, 0.3) is 0 Å². The normalized spacial score (nSPS) is 11.5. The summed E-state index contributed by atoms with van der Waals surface area (Å²) in [5.41, 5.74) is 18.6. The molecular weight excluding hydrogens is 901 g/mol. The van der Waals surface area contributed by atoms with E-state index in [1.54, 1.807) is 0 Å². The second kappa shape index (κ2) is 18.0. The fourth-order valence-corrected chi connectivity index (χ4v) is 10.6. The van der Waals surface area contributed by atoms with E-state index in [9.17, 15) is 0 Å². The van der Waals surface area contributed by atoms with Crippen LogP contribution in [0.4, 0.5) is 0 Å². The van der Waals surface area contributed by atoms with Crippen LogP contribution in [0, 0.1) is 0 Å². The van der Waals surface area contributed by atoms with Crippen molar-refractivity contribution in [2.45, 2.75) is 0 Å². The zero-order chi connectivity index (χ0) is 49.0. The molecule has 0 amide bonds. The molecule has 4 aromatic heterocycles. The van der Waals surface area contributed by atoms with Crippen molar-refractivity contribution < 1.29 is 0 Å². The van der Waals surface area contributed by atoms with Crippen molar-refractivity contribution in [1.82, 2.24) is 29.1 Å². The second-order valence-electron chi connectivity index (χ2n) is 18.7. The molecule has 0 radical (unpaired) electrons. The first kappa shape index (κ1) is 42.8. The van der Waals surface area contributed by atoms with Crippen LogP contribution in [0.15, 0.2) is 267 Å². The lowest BCUT2D eigenvalue weighted by atomic mass is 10.0. The third kappa shape index (κ3) is 7.61. The Morgan fingerprint density at radius 2 is 0.486 bits per heavy atom. The van der Waals surface area contributed by atoms with Crippen molar-refractivity contribution >= 4 is 43.6 Å². The maximum absolute atomic E-state index is 5.11. The second-order valence-corrected chi connectivity index (χ2v) is 18.7. The molecule has 10 aromatic carbocycles. The number of hydrogen-bond acceptors (Lipinski definition) is 4. The summed E-state index contributed by atoms with van der Waals surface area (Å²) in [4.78, 5) is 20.5. The van der Waals surface area contributed by atoms with Crippen LogP contribution in [-0.2, 0) is 0 Å². The Morgan fingerprint density at radius 3 is 0.824 bits per heavy atom. The summed E-state index contributed by atoms with van der Waals surface area (Å²) in [6.07, 6.45) is 0. The van der Waals surface area contributed by atoms with E-state index in [-0.39, 0.29) is 0 Å². The van der Waals surface area contributed by atoms with Gasteiger partial charge in [0.15, 0.2) is 11.6 Å². The molecule has 0 bridgehead atoms. The largest absolute Gasteiger partial charge is 0.309 e. The van der Waals surface area contributed by atoms with Crippen LogP contribution in [0.5, 0.6) is 0 Å². The van der Waals surface area contributed by atoms with E-state index in [0.717, 1.165) is 101 Å². The van der Waals surface area contributed by atoms with Gasteiger partial charge in [-0.1, -0.05) is 182 Å². The molecule has 0 aliphatic carbocycles. The number of rotatable bonds is 9. The van der Waals surface area contributed by atoms with Gasteiger partial charge in [-0.2, -0.15) is 0 Å². The average Bonchev–Trinajstić information content (AvgIpc) is 4.00. The van der Waals surface area contributed by atoms with Gasteiger partial charge in [0.2, 0.25) is 0 Å². The summed E-state index contributed by atoms with van der Waals surface area (Å²) in [6, 6.07) is 94.0. The molecule has 0 unspecified atom stereocenters. The van der Waals surface area contributed by atoms with Crippen molar-refractivity contribution in [3.63, 3.8) is 0 Å². The SMILES string of the molecule is c1ccc(-c2cc(-c3ccccc3)nc(-c3ccc(-n4c5ccccc5c5ccc(-c6ccc7c8ccccc8n(-c8ccc(-c9nc(-c%10ccccc%10)cc(-c%10ccccc%10)n9)cc8)c7c6)cc54)cc3)n2)cc1. The zero-order valence-electron chi connectivity index (χ0n) is 40.1. The Balaban J connectivity index is 0.852. The highest BCUT2D eigenvalue weighted by atomic mass is 15.0. The van der Waals surface area contributed by atoms with Gasteiger partial charge < -0.3 is 9.13 Å². The molecular formula is C68H44N6. The first-order valence-corrected chi connectivity index (χ1v) is 25.0. The molecule has 0 aliphatic heterocycles. The van der Waals surface area contributed by atoms with Crippen LogP contribution in [0.1, 0.15) is 0 Å². The fraction of sp³-hybridized carbons (Fsp3) is 0. The van der Waals surface area contributed by atoms with Crippen molar-refractivity contribution in [1.29, 1.82) is 0 Å². The molecule has 0 N–H and O–H groups in total. The number of fused-ring (bicyclic) bond motifs is 6. The van der Waals surface area contributed by atoms with E-state index in [0.29, 0.717) is 11.6 Å². The summed E-state index contributed by atoms with van der Waals surface area (Å²) < 4.78 is 4.77. The smallest absolute Gasteiger partial charge is 0.160 e. The Hall–Kier alpha value is -10.0. The number of para-hydroxylation sites is 2. The van der Waals surface area contributed by atoms with Crippen LogP contribution in [0.25, 0.3) is 134 Å². The molecule has 0 atom stereocenters. The lowest BCUT2D eigenvalue weighted by Gasteiger charge is -2.12. The van der Waals surface area contributed by atoms with Gasteiger partial charge in [-0.15, -0.1) is 0 Å². The van der Waals surface area contributed by atoms with Gasteiger partial charge in [-0.25, -0.2) is 19.9 Å². The average molecular weight is 945 g/mol. The molecule has 0 saturated heterocycles. The van der Waals surface area contributed by atoms with E-state index in [1.807, 2.05) is 72.8 Å². The molecule has 14 rings (SSSR count). The van der Waals surface area contributed by atoms with Gasteiger partial charge in [0, 0.05) is 66.3 Å². The number of aromatic nitrogens is 6. The van der Waals surface area contributed by atoms with E-state index >= 15 is 0 Å².